The Hall–Kier alpha value is -2.76. The van der Waals surface area contributed by atoms with E-state index >= 15 is 0 Å². The fourth-order valence-corrected chi connectivity index (χ4v) is 4.20. The van der Waals surface area contributed by atoms with Crippen molar-refractivity contribution in [2.45, 2.75) is 23.6 Å². The average molecular weight is 510 g/mol. The van der Waals surface area contributed by atoms with Crippen LogP contribution in [0.1, 0.15) is 11.1 Å². The molecule has 0 radical (unpaired) electrons. The van der Waals surface area contributed by atoms with Crippen molar-refractivity contribution < 1.29 is 36.3 Å². The largest absolute Gasteiger partial charge is 2.00 e. The Morgan fingerprint density at radius 3 is 1.23 bits per heavy atom. The molecule has 2 aromatic heterocycles. The normalized spacial score (nSPS) is 11.2. The molecule has 0 N–H and O–H groups in total. The molecule has 0 saturated carbocycles. The monoisotopic (exact) mass is 508 g/mol. The summed E-state index contributed by atoms with van der Waals surface area (Å²) in [5, 5.41) is 7.10. The van der Waals surface area contributed by atoms with Gasteiger partial charge in [0.25, 0.3) is 20.0 Å². The topological polar surface area (TPSA) is 130 Å². The second-order valence-corrected chi connectivity index (χ2v) is 9.58. The van der Waals surface area contributed by atoms with Crippen LogP contribution in [0.5, 0.6) is 0 Å². The summed E-state index contributed by atoms with van der Waals surface area (Å²) in [5.41, 5.74) is 1.99. The van der Waals surface area contributed by atoms with E-state index in [9.17, 15) is 16.8 Å². The molecule has 4 rings (SSSR count). The van der Waals surface area contributed by atoms with Crippen LogP contribution in [0.3, 0.4) is 0 Å². The fraction of sp³-hybridized carbons (Fsp3) is 0.111. The summed E-state index contributed by atoms with van der Waals surface area (Å²) < 4.78 is 48.8. The first-order valence-electron chi connectivity index (χ1n) is 8.41. The number of hydrogen-bond acceptors (Lipinski definition) is 8. The van der Waals surface area contributed by atoms with Crippen molar-refractivity contribution in [2.75, 3.05) is 0 Å². The van der Waals surface area contributed by atoms with E-state index in [0.717, 1.165) is 32.0 Å². The molecule has 156 valence electrons. The summed E-state index contributed by atoms with van der Waals surface area (Å²) >= 11 is 0. The maximum absolute atomic E-state index is 11.8. The molecule has 4 aromatic rings. The Kier molecular flexibility index (Phi) is 7.93. The van der Waals surface area contributed by atoms with Gasteiger partial charge in [0.1, 0.15) is 0 Å². The number of aromatic nitrogens is 6. The number of hydrogen-bond donors (Lipinski definition) is 0. The third-order valence-corrected chi connectivity index (χ3v) is 6.81. The minimum Gasteiger partial charge on any atom is -0.419 e. The van der Waals surface area contributed by atoms with Crippen LogP contribution in [-0.2, 0) is 39.5 Å². The van der Waals surface area contributed by atoms with Gasteiger partial charge in [-0.25, -0.2) is 25.0 Å². The van der Waals surface area contributed by atoms with Crippen LogP contribution in [0.15, 0.2) is 71.0 Å². The maximum Gasteiger partial charge on any atom is 2.00 e. The van der Waals surface area contributed by atoms with Crippen LogP contribution in [0, 0.1) is 26.5 Å². The molecule has 0 atom stereocenters. The van der Waals surface area contributed by atoms with Crippen molar-refractivity contribution >= 4 is 20.0 Å². The van der Waals surface area contributed by atoms with Gasteiger partial charge < -0.3 is 9.97 Å². The molecule has 2 aromatic carbocycles. The van der Waals surface area contributed by atoms with Gasteiger partial charge in [-0.05, 0) is 63.4 Å². The first-order valence-corrected chi connectivity index (χ1v) is 11.3. The van der Waals surface area contributed by atoms with Crippen molar-refractivity contribution in [1.82, 2.24) is 28.3 Å². The quantitative estimate of drug-likeness (QED) is 0.297. The van der Waals surface area contributed by atoms with Crippen molar-refractivity contribution in [3.05, 3.63) is 85.0 Å². The summed E-state index contributed by atoms with van der Waals surface area (Å²) in [7, 11) is -7.25. The van der Waals surface area contributed by atoms with E-state index in [1.165, 1.54) is 24.3 Å². The summed E-state index contributed by atoms with van der Waals surface area (Å²) in [6, 6.07) is 13.0. The predicted octanol–water partition coefficient (Wildman–Crippen LogP) is 1.24. The fourth-order valence-electron chi connectivity index (χ4n) is 2.20. The second kappa shape index (κ2) is 10.0. The number of rotatable bonds is 4. The summed E-state index contributed by atoms with van der Waals surface area (Å²) in [6.07, 6.45) is 6.78. The third-order valence-electron chi connectivity index (χ3n) is 3.81. The molecular weight excluding hydrogens is 494 g/mol. The molecular formula is C18H16N6O4S2Zn. The number of nitrogens with zero attached hydrogens (tertiary/aromatic N) is 6. The number of benzene rings is 2. The van der Waals surface area contributed by atoms with Gasteiger partial charge in [-0.15, -0.1) is 0 Å². The summed E-state index contributed by atoms with van der Waals surface area (Å²) in [4.78, 5) is 7.31. The minimum absolute atomic E-state index is 0. The Morgan fingerprint density at radius 1 is 0.645 bits per heavy atom. The Morgan fingerprint density at radius 2 is 0.968 bits per heavy atom. The van der Waals surface area contributed by atoms with E-state index in [1.807, 2.05) is 13.8 Å². The molecule has 2 heterocycles. The molecule has 10 nitrogen and oxygen atoms in total. The third kappa shape index (κ3) is 5.69. The van der Waals surface area contributed by atoms with Gasteiger partial charge >= 0.3 is 19.5 Å². The van der Waals surface area contributed by atoms with E-state index < -0.39 is 20.0 Å². The first-order chi connectivity index (χ1) is 14.2. The zero-order valence-electron chi connectivity index (χ0n) is 16.6. The molecule has 0 aliphatic heterocycles. The van der Waals surface area contributed by atoms with Crippen LogP contribution < -0.4 is 0 Å². The molecule has 0 aliphatic rings. The second-order valence-electron chi connectivity index (χ2n) is 6.04. The number of aryl methyl sites for hydroxylation is 2. The molecule has 0 amide bonds. The van der Waals surface area contributed by atoms with Gasteiger partial charge in [-0.3, -0.25) is 10.2 Å². The van der Waals surface area contributed by atoms with Gasteiger partial charge in [0.05, 0.1) is 9.79 Å². The Labute approximate surface area is 192 Å². The first kappa shape index (κ1) is 24.5. The zero-order valence-corrected chi connectivity index (χ0v) is 21.2. The van der Waals surface area contributed by atoms with E-state index in [-0.39, 0.29) is 29.3 Å². The smallest absolute Gasteiger partial charge is 0.419 e. The van der Waals surface area contributed by atoms with Crippen molar-refractivity contribution in [3.63, 3.8) is 0 Å². The predicted molar refractivity (Wildman–Crippen MR) is 105 cm³/mol. The van der Waals surface area contributed by atoms with Gasteiger partial charge in [-0.2, -0.15) is 0 Å². The standard InChI is InChI=1S/2C9H8N3O2S.Zn/c2*1-8-2-4-9(5-3-8)15(13,14)12-7-10-6-11-12;/h2*2-6H,1H3;/q2*-1;+2. The van der Waals surface area contributed by atoms with E-state index in [2.05, 4.69) is 32.8 Å². The van der Waals surface area contributed by atoms with Gasteiger partial charge in [0.2, 0.25) is 0 Å². The average Bonchev–Trinajstić information content (AvgIpc) is 3.44. The van der Waals surface area contributed by atoms with Gasteiger partial charge in [-0.1, -0.05) is 35.4 Å². The SMILES string of the molecule is Cc1ccc(S(=O)(=O)n2[c-]ncn2)cc1.Cc1ccc(S(=O)(=O)n2[c-]ncn2)cc1.[Zn+2]. The minimum atomic E-state index is -3.62. The summed E-state index contributed by atoms with van der Waals surface area (Å²) in [5.74, 6) is 0. The van der Waals surface area contributed by atoms with Crippen LogP contribution in [0.4, 0.5) is 0 Å². The van der Waals surface area contributed by atoms with Crippen LogP contribution >= 0.6 is 0 Å². The molecule has 0 unspecified atom stereocenters. The molecule has 0 saturated heterocycles. The van der Waals surface area contributed by atoms with Crippen LogP contribution in [-0.4, -0.2) is 45.2 Å². The molecule has 31 heavy (non-hydrogen) atoms. The molecule has 0 aliphatic carbocycles. The molecule has 0 spiro atoms. The Balaban J connectivity index is 0.000000213. The van der Waals surface area contributed by atoms with Crippen molar-refractivity contribution in [2.24, 2.45) is 0 Å². The van der Waals surface area contributed by atoms with E-state index in [4.69, 9.17) is 0 Å². The van der Waals surface area contributed by atoms with Crippen LogP contribution in [0.25, 0.3) is 0 Å². The molecule has 0 bridgehead atoms. The Bertz CT molecular complexity index is 1200. The zero-order chi connectivity index (χ0) is 21.8. The van der Waals surface area contributed by atoms with Gasteiger partial charge in [0, 0.05) is 0 Å². The van der Waals surface area contributed by atoms with E-state index in [0.29, 0.717) is 0 Å². The van der Waals surface area contributed by atoms with Gasteiger partial charge in [0.15, 0.2) is 0 Å². The molecule has 0 fully saturated rings. The van der Waals surface area contributed by atoms with Crippen molar-refractivity contribution in [1.29, 1.82) is 0 Å². The van der Waals surface area contributed by atoms with Crippen LogP contribution in [0.2, 0.25) is 0 Å². The molecule has 13 heteroatoms. The summed E-state index contributed by atoms with van der Waals surface area (Å²) in [6.45, 7) is 3.77. The maximum atomic E-state index is 11.8. The van der Waals surface area contributed by atoms with E-state index in [1.54, 1.807) is 24.3 Å². The van der Waals surface area contributed by atoms with Crippen molar-refractivity contribution in [3.8, 4) is 0 Å².